The minimum absolute atomic E-state index is 0.269. The maximum absolute atomic E-state index is 11.4. The van der Waals surface area contributed by atoms with Crippen LogP contribution in [0.1, 0.15) is 12.1 Å². The van der Waals surface area contributed by atoms with Gasteiger partial charge in [0.1, 0.15) is 0 Å². The zero-order chi connectivity index (χ0) is 11.3. The molecule has 1 unspecified atom stereocenters. The molecule has 0 spiro atoms. The van der Waals surface area contributed by atoms with E-state index in [0.29, 0.717) is 12.8 Å². The number of carbonyl (C=O) groups is 1. The summed E-state index contributed by atoms with van der Waals surface area (Å²) >= 11 is 0. The molecule has 4 heteroatoms. The second-order valence-electron chi connectivity index (χ2n) is 3.33. The lowest BCUT2D eigenvalue weighted by Crippen LogP contribution is -2.19. The standard InChI is InChI=1S/C11H14N2O2/c1-4-5-9(11(14)15-3)6-10-7-12-8-13(10)2/h1,7-9H,5-6H2,2-3H3. The van der Waals surface area contributed by atoms with E-state index < -0.39 is 0 Å². The second kappa shape index (κ2) is 5.20. The molecule has 0 fully saturated rings. The van der Waals surface area contributed by atoms with Crippen molar-refractivity contribution in [1.82, 2.24) is 9.55 Å². The van der Waals surface area contributed by atoms with Crippen LogP contribution in [0.5, 0.6) is 0 Å². The summed E-state index contributed by atoms with van der Waals surface area (Å²) in [5.74, 6) is 1.93. The summed E-state index contributed by atoms with van der Waals surface area (Å²) in [5.41, 5.74) is 0.973. The molecule has 0 aliphatic heterocycles. The van der Waals surface area contributed by atoms with E-state index in [2.05, 4.69) is 15.6 Å². The molecule has 1 aromatic rings. The van der Waals surface area contributed by atoms with Crippen LogP contribution < -0.4 is 0 Å². The van der Waals surface area contributed by atoms with Gasteiger partial charge in [-0.25, -0.2) is 4.98 Å². The van der Waals surface area contributed by atoms with Crippen molar-refractivity contribution in [2.45, 2.75) is 12.8 Å². The van der Waals surface area contributed by atoms with Crippen molar-refractivity contribution in [3.05, 3.63) is 18.2 Å². The number of terminal acetylenes is 1. The summed E-state index contributed by atoms with van der Waals surface area (Å²) in [6.45, 7) is 0. The van der Waals surface area contributed by atoms with E-state index in [-0.39, 0.29) is 11.9 Å². The van der Waals surface area contributed by atoms with Crippen molar-refractivity contribution in [3.63, 3.8) is 0 Å². The van der Waals surface area contributed by atoms with Gasteiger partial charge in [0.05, 0.1) is 19.4 Å². The van der Waals surface area contributed by atoms with Crippen molar-refractivity contribution in [3.8, 4) is 12.3 Å². The molecule has 0 aliphatic rings. The number of aromatic nitrogens is 2. The number of carbonyl (C=O) groups excluding carboxylic acids is 1. The quantitative estimate of drug-likeness (QED) is 0.540. The predicted octanol–water partition coefficient (Wildman–Crippen LogP) is 0.775. The lowest BCUT2D eigenvalue weighted by atomic mass is 10.0. The minimum Gasteiger partial charge on any atom is -0.469 e. The molecule has 0 radical (unpaired) electrons. The number of esters is 1. The molecule has 15 heavy (non-hydrogen) atoms. The highest BCUT2D eigenvalue weighted by Crippen LogP contribution is 2.12. The number of nitrogens with zero attached hydrogens (tertiary/aromatic N) is 2. The smallest absolute Gasteiger partial charge is 0.310 e. The Morgan fingerprint density at radius 1 is 1.80 bits per heavy atom. The Morgan fingerprint density at radius 3 is 3.00 bits per heavy atom. The zero-order valence-electron chi connectivity index (χ0n) is 8.93. The molecule has 0 N–H and O–H groups in total. The van der Waals surface area contributed by atoms with Gasteiger partial charge in [-0.05, 0) is 0 Å². The first kappa shape index (κ1) is 11.3. The Hall–Kier alpha value is -1.76. The van der Waals surface area contributed by atoms with E-state index in [1.807, 2.05) is 11.6 Å². The minimum atomic E-state index is -0.282. The lowest BCUT2D eigenvalue weighted by molar-refractivity contribution is -0.145. The third-order valence-electron chi connectivity index (χ3n) is 2.27. The average molecular weight is 206 g/mol. The second-order valence-corrected chi connectivity index (χ2v) is 3.33. The summed E-state index contributed by atoms with van der Waals surface area (Å²) in [7, 11) is 3.25. The highest BCUT2D eigenvalue weighted by atomic mass is 16.5. The van der Waals surface area contributed by atoms with E-state index in [1.54, 1.807) is 12.5 Å². The fourth-order valence-corrected chi connectivity index (χ4v) is 1.38. The number of hydrogen-bond acceptors (Lipinski definition) is 3. The molecule has 0 saturated carbocycles. The van der Waals surface area contributed by atoms with Crippen molar-refractivity contribution in [2.24, 2.45) is 13.0 Å². The molecule has 1 atom stereocenters. The summed E-state index contributed by atoms with van der Waals surface area (Å²) in [5, 5.41) is 0. The summed E-state index contributed by atoms with van der Waals surface area (Å²) in [6.07, 6.45) is 9.58. The van der Waals surface area contributed by atoms with Gasteiger partial charge in [-0.15, -0.1) is 12.3 Å². The van der Waals surface area contributed by atoms with Crippen molar-refractivity contribution < 1.29 is 9.53 Å². The molecule has 0 aliphatic carbocycles. The zero-order valence-corrected chi connectivity index (χ0v) is 8.93. The molecule has 1 heterocycles. The molecule has 1 rings (SSSR count). The number of aryl methyl sites for hydroxylation is 1. The van der Waals surface area contributed by atoms with Gasteiger partial charge in [-0.3, -0.25) is 4.79 Å². The summed E-state index contributed by atoms with van der Waals surface area (Å²) < 4.78 is 6.56. The predicted molar refractivity (Wildman–Crippen MR) is 55.9 cm³/mol. The number of methoxy groups -OCH3 is 1. The SMILES string of the molecule is C#CCC(Cc1cncn1C)C(=O)OC. The molecule has 0 aromatic carbocycles. The monoisotopic (exact) mass is 206 g/mol. The number of imidazole rings is 1. The third kappa shape index (κ3) is 2.84. The maximum atomic E-state index is 11.4. The first-order chi connectivity index (χ1) is 7.19. The molecule has 80 valence electrons. The van der Waals surface area contributed by atoms with Crippen LogP contribution in [0.3, 0.4) is 0 Å². The number of hydrogen-bond donors (Lipinski definition) is 0. The van der Waals surface area contributed by atoms with Crippen molar-refractivity contribution >= 4 is 5.97 Å². The maximum Gasteiger partial charge on any atom is 0.310 e. The average Bonchev–Trinajstić information content (AvgIpc) is 2.63. The molecular weight excluding hydrogens is 192 g/mol. The Kier molecular flexibility index (Phi) is 3.92. The molecule has 0 bridgehead atoms. The van der Waals surface area contributed by atoms with E-state index in [4.69, 9.17) is 6.42 Å². The van der Waals surface area contributed by atoms with Gasteiger partial charge in [0.2, 0.25) is 0 Å². The third-order valence-corrected chi connectivity index (χ3v) is 2.27. The van der Waals surface area contributed by atoms with Gasteiger partial charge in [0.15, 0.2) is 0 Å². The Bertz CT molecular complexity index is 376. The Balaban J connectivity index is 2.72. The van der Waals surface area contributed by atoms with Crippen LogP contribution in [0.4, 0.5) is 0 Å². The van der Waals surface area contributed by atoms with E-state index in [0.717, 1.165) is 5.69 Å². The van der Waals surface area contributed by atoms with Gasteiger partial charge < -0.3 is 9.30 Å². The van der Waals surface area contributed by atoms with Gasteiger partial charge in [-0.2, -0.15) is 0 Å². The van der Waals surface area contributed by atoms with Crippen LogP contribution in [0, 0.1) is 18.3 Å². The molecule has 1 aromatic heterocycles. The van der Waals surface area contributed by atoms with Gasteiger partial charge in [0.25, 0.3) is 0 Å². The van der Waals surface area contributed by atoms with E-state index >= 15 is 0 Å². The first-order valence-corrected chi connectivity index (χ1v) is 4.65. The topological polar surface area (TPSA) is 44.1 Å². The highest BCUT2D eigenvalue weighted by Gasteiger charge is 2.19. The normalized spacial score (nSPS) is 11.8. The highest BCUT2D eigenvalue weighted by molar-refractivity contribution is 5.72. The van der Waals surface area contributed by atoms with Crippen LogP contribution in [-0.4, -0.2) is 22.6 Å². The van der Waals surface area contributed by atoms with E-state index in [1.165, 1.54) is 7.11 Å². The fourth-order valence-electron chi connectivity index (χ4n) is 1.38. The summed E-state index contributed by atoms with van der Waals surface area (Å²) in [6, 6.07) is 0. The fraction of sp³-hybridized carbons (Fsp3) is 0.455. The Labute approximate surface area is 89.3 Å². The van der Waals surface area contributed by atoms with Crippen molar-refractivity contribution in [2.75, 3.05) is 7.11 Å². The molecule has 0 saturated heterocycles. The van der Waals surface area contributed by atoms with Crippen molar-refractivity contribution in [1.29, 1.82) is 0 Å². The van der Waals surface area contributed by atoms with Gasteiger partial charge in [0, 0.05) is 31.8 Å². The molecule has 4 nitrogen and oxygen atoms in total. The number of rotatable bonds is 4. The first-order valence-electron chi connectivity index (χ1n) is 4.65. The summed E-state index contributed by atoms with van der Waals surface area (Å²) in [4.78, 5) is 15.4. The van der Waals surface area contributed by atoms with Gasteiger partial charge in [-0.1, -0.05) is 0 Å². The number of ether oxygens (including phenoxy) is 1. The van der Waals surface area contributed by atoms with Crippen LogP contribution in [-0.2, 0) is 23.0 Å². The largest absolute Gasteiger partial charge is 0.469 e. The molecule has 0 amide bonds. The van der Waals surface area contributed by atoms with Gasteiger partial charge >= 0.3 is 5.97 Å². The van der Waals surface area contributed by atoms with Crippen LogP contribution in [0.2, 0.25) is 0 Å². The molecular formula is C11H14N2O2. The lowest BCUT2D eigenvalue weighted by Gasteiger charge is -2.11. The van der Waals surface area contributed by atoms with Crippen LogP contribution >= 0.6 is 0 Å². The van der Waals surface area contributed by atoms with E-state index in [9.17, 15) is 4.79 Å². The van der Waals surface area contributed by atoms with Crippen LogP contribution in [0.25, 0.3) is 0 Å². The Morgan fingerprint density at radius 2 is 2.53 bits per heavy atom. The van der Waals surface area contributed by atoms with Crippen LogP contribution in [0.15, 0.2) is 12.5 Å².